The topological polar surface area (TPSA) is 71.7 Å². The Morgan fingerprint density at radius 2 is 1.92 bits per heavy atom. The van der Waals surface area contributed by atoms with E-state index in [0.717, 1.165) is 5.56 Å². The molecule has 6 heteroatoms. The average molecular weight is 358 g/mol. The van der Waals surface area contributed by atoms with Crippen LogP contribution in [0.5, 0.6) is 5.75 Å². The zero-order valence-electron chi connectivity index (χ0n) is 13.5. The van der Waals surface area contributed by atoms with Gasteiger partial charge in [-0.3, -0.25) is 4.79 Å². The minimum absolute atomic E-state index is 0.172. The van der Waals surface area contributed by atoms with Gasteiger partial charge in [0.1, 0.15) is 23.9 Å². The van der Waals surface area contributed by atoms with Crippen LogP contribution >= 0.6 is 11.6 Å². The smallest absolute Gasteiger partial charge is 0.255 e. The number of anilines is 1. The van der Waals surface area contributed by atoms with Gasteiger partial charge < -0.3 is 19.6 Å². The molecule has 2 N–H and O–H groups in total. The zero-order valence-corrected chi connectivity index (χ0v) is 14.2. The number of rotatable bonds is 5. The molecule has 0 bridgehead atoms. The first-order valence-corrected chi connectivity index (χ1v) is 7.93. The second-order valence-electron chi connectivity index (χ2n) is 5.30. The molecule has 0 saturated carbocycles. The number of furan rings is 1. The molecule has 3 aromatic rings. The lowest BCUT2D eigenvalue weighted by Gasteiger charge is -2.09. The SMILES string of the molecule is COc1ccc(C(=O)Nc2cc(-c3ccc(CO)o3)ccc2Cl)cc1. The van der Waals surface area contributed by atoms with Gasteiger partial charge in [-0.2, -0.15) is 0 Å². The first kappa shape index (κ1) is 17.1. The van der Waals surface area contributed by atoms with Crippen LogP contribution in [0.1, 0.15) is 16.1 Å². The van der Waals surface area contributed by atoms with Gasteiger partial charge in [0.05, 0.1) is 17.8 Å². The van der Waals surface area contributed by atoms with Crippen LogP contribution in [0, 0.1) is 0 Å². The molecule has 0 spiro atoms. The summed E-state index contributed by atoms with van der Waals surface area (Å²) in [6.45, 7) is -0.172. The molecule has 0 aliphatic heterocycles. The number of hydrogen-bond acceptors (Lipinski definition) is 4. The summed E-state index contributed by atoms with van der Waals surface area (Å²) in [5, 5.41) is 12.3. The van der Waals surface area contributed by atoms with Crippen LogP contribution in [0.25, 0.3) is 11.3 Å². The summed E-state index contributed by atoms with van der Waals surface area (Å²) in [6.07, 6.45) is 0. The maximum absolute atomic E-state index is 12.4. The van der Waals surface area contributed by atoms with Gasteiger partial charge in [0.2, 0.25) is 0 Å². The number of amides is 1. The molecular weight excluding hydrogens is 342 g/mol. The molecule has 0 unspecified atom stereocenters. The molecular formula is C19H16ClNO4. The third kappa shape index (κ3) is 3.84. The molecule has 5 nitrogen and oxygen atoms in total. The molecule has 1 amide bonds. The molecule has 1 heterocycles. The fourth-order valence-corrected chi connectivity index (χ4v) is 2.49. The molecule has 0 fully saturated rings. The Balaban J connectivity index is 1.83. The highest BCUT2D eigenvalue weighted by atomic mass is 35.5. The number of carbonyl (C=O) groups excluding carboxylic acids is 1. The summed E-state index contributed by atoms with van der Waals surface area (Å²) < 4.78 is 10.6. The number of benzene rings is 2. The van der Waals surface area contributed by atoms with Crippen molar-refractivity contribution in [3.8, 4) is 17.1 Å². The molecule has 128 valence electrons. The number of halogens is 1. The number of ether oxygens (including phenoxy) is 1. The van der Waals surface area contributed by atoms with Crippen LogP contribution in [0.15, 0.2) is 59.0 Å². The van der Waals surface area contributed by atoms with Crippen LogP contribution in [0.4, 0.5) is 5.69 Å². The Labute approximate surface area is 149 Å². The van der Waals surface area contributed by atoms with Gasteiger partial charge in [-0.05, 0) is 54.6 Å². The van der Waals surface area contributed by atoms with E-state index in [-0.39, 0.29) is 12.5 Å². The third-order valence-electron chi connectivity index (χ3n) is 3.67. The number of methoxy groups -OCH3 is 1. The van der Waals surface area contributed by atoms with E-state index in [4.69, 9.17) is 25.9 Å². The first-order chi connectivity index (χ1) is 12.1. The van der Waals surface area contributed by atoms with Crippen molar-refractivity contribution in [1.29, 1.82) is 0 Å². The standard InChI is InChI=1S/C19H16ClNO4/c1-24-14-5-2-12(3-6-14)19(23)21-17-10-13(4-8-16(17)20)18-9-7-15(11-22)25-18/h2-10,22H,11H2,1H3,(H,21,23). The largest absolute Gasteiger partial charge is 0.497 e. The van der Waals surface area contributed by atoms with Crippen molar-refractivity contribution in [1.82, 2.24) is 0 Å². The second-order valence-corrected chi connectivity index (χ2v) is 5.71. The lowest BCUT2D eigenvalue weighted by Crippen LogP contribution is -2.12. The van der Waals surface area contributed by atoms with Crippen LogP contribution in [0.2, 0.25) is 5.02 Å². The Hall–Kier alpha value is -2.76. The Kier molecular flexibility index (Phi) is 5.07. The molecule has 0 aliphatic carbocycles. The Morgan fingerprint density at radius 3 is 2.56 bits per heavy atom. The summed E-state index contributed by atoms with van der Waals surface area (Å²) >= 11 is 6.19. The van der Waals surface area contributed by atoms with Crippen LogP contribution in [-0.2, 0) is 6.61 Å². The van der Waals surface area contributed by atoms with E-state index in [1.807, 2.05) is 0 Å². The predicted molar refractivity (Wildman–Crippen MR) is 96.0 cm³/mol. The van der Waals surface area contributed by atoms with Gasteiger partial charge >= 0.3 is 0 Å². The lowest BCUT2D eigenvalue weighted by molar-refractivity contribution is 0.102. The maximum atomic E-state index is 12.4. The van der Waals surface area contributed by atoms with Crippen molar-refractivity contribution in [3.05, 3.63) is 70.9 Å². The normalized spacial score (nSPS) is 10.5. The molecule has 25 heavy (non-hydrogen) atoms. The number of aliphatic hydroxyl groups is 1. The van der Waals surface area contributed by atoms with E-state index in [0.29, 0.717) is 33.5 Å². The van der Waals surface area contributed by atoms with E-state index in [9.17, 15) is 4.79 Å². The highest BCUT2D eigenvalue weighted by molar-refractivity contribution is 6.34. The van der Waals surface area contributed by atoms with Crippen molar-refractivity contribution >= 4 is 23.2 Å². The van der Waals surface area contributed by atoms with Crippen molar-refractivity contribution < 1.29 is 19.1 Å². The van der Waals surface area contributed by atoms with E-state index < -0.39 is 0 Å². The van der Waals surface area contributed by atoms with Crippen molar-refractivity contribution in [3.63, 3.8) is 0 Å². The van der Waals surface area contributed by atoms with Crippen LogP contribution < -0.4 is 10.1 Å². The summed E-state index contributed by atoms with van der Waals surface area (Å²) in [6, 6.07) is 15.4. The molecule has 0 aliphatic rings. The highest BCUT2D eigenvalue weighted by Crippen LogP contribution is 2.30. The van der Waals surface area contributed by atoms with Crippen molar-refractivity contribution in [2.24, 2.45) is 0 Å². The summed E-state index contributed by atoms with van der Waals surface area (Å²) in [5.41, 5.74) is 1.71. The summed E-state index contributed by atoms with van der Waals surface area (Å²) in [5.74, 6) is 1.45. The molecule has 0 radical (unpaired) electrons. The maximum Gasteiger partial charge on any atom is 0.255 e. The third-order valence-corrected chi connectivity index (χ3v) is 4.00. The lowest BCUT2D eigenvalue weighted by atomic mass is 10.1. The molecule has 3 rings (SSSR count). The van der Waals surface area contributed by atoms with Gasteiger partial charge in [0, 0.05) is 11.1 Å². The summed E-state index contributed by atoms with van der Waals surface area (Å²) in [4.78, 5) is 12.4. The van der Waals surface area contributed by atoms with Gasteiger partial charge in [0.15, 0.2) is 0 Å². The predicted octanol–water partition coefficient (Wildman–Crippen LogP) is 4.35. The Morgan fingerprint density at radius 1 is 1.16 bits per heavy atom. The quantitative estimate of drug-likeness (QED) is 0.712. The van der Waals surface area contributed by atoms with E-state index in [2.05, 4.69) is 5.32 Å². The Bertz CT molecular complexity index is 887. The molecule has 0 atom stereocenters. The molecule has 0 saturated heterocycles. The van der Waals surface area contributed by atoms with E-state index in [1.54, 1.807) is 61.7 Å². The zero-order chi connectivity index (χ0) is 17.8. The van der Waals surface area contributed by atoms with Crippen LogP contribution in [0.3, 0.4) is 0 Å². The number of aliphatic hydroxyl groups excluding tert-OH is 1. The second kappa shape index (κ2) is 7.42. The van der Waals surface area contributed by atoms with Gasteiger partial charge in [-0.25, -0.2) is 0 Å². The van der Waals surface area contributed by atoms with Gasteiger partial charge in [-0.1, -0.05) is 11.6 Å². The fraction of sp³-hybridized carbons (Fsp3) is 0.105. The first-order valence-electron chi connectivity index (χ1n) is 7.55. The minimum atomic E-state index is -0.280. The molecule has 1 aromatic heterocycles. The number of nitrogens with one attached hydrogen (secondary N) is 1. The molecule has 2 aromatic carbocycles. The van der Waals surface area contributed by atoms with Crippen LogP contribution in [-0.4, -0.2) is 18.1 Å². The number of carbonyl (C=O) groups is 1. The van der Waals surface area contributed by atoms with Crippen molar-refractivity contribution in [2.45, 2.75) is 6.61 Å². The monoisotopic (exact) mass is 357 g/mol. The van der Waals surface area contributed by atoms with E-state index >= 15 is 0 Å². The number of hydrogen-bond donors (Lipinski definition) is 2. The fourth-order valence-electron chi connectivity index (χ4n) is 2.33. The van der Waals surface area contributed by atoms with Crippen molar-refractivity contribution in [2.75, 3.05) is 12.4 Å². The van der Waals surface area contributed by atoms with Gasteiger partial charge in [-0.15, -0.1) is 0 Å². The average Bonchev–Trinajstić information content (AvgIpc) is 3.12. The minimum Gasteiger partial charge on any atom is -0.497 e. The highest BCUT2D eigenvalue weighted by Gasteiger charge is 2.12. The summed E-state index contributed by atoms with van der Waals surface area (Å²) in [7, 11) is 1.57. The van der Waals surface area contributed by atoms with E-state index in [1.165, 1.54) is 0 Å². The van der Waals surface area contributed by atoms with Gasteiger partial charge in [0.25, 0.3) is 5.91 Å².